The maximum Gasteiger partial charge on any atom is 0.214 e. The predicted octanol–water partition coefficient (Wildman–Crippen LogP) is 3.86. The van der Waals surface area contributed by atoms with Gasteiger partial charge < -0.3 is 4.90 Å². The van der Waals surface area contributed by atoms with Crippen LogP contribution in [0.3, 0.4) is 0 Å². The number of benzene rings is 2. The summed E-state index contributed by atoms with van der Waals surface area (Å²) in [5, 5.41) is -0.182. The molecule has 2 aliphatic carbocycles. The maximum absolute atomic E-state index is 12.4. The minimum absolute atomic E-state index is 0.182. The molecule has 0 amide bonds. The zero-order valence-corrected chi connectivity index (χ0v) is 18.4. The molecule has 0 spiro atoms. The van der Waals surface area contributed by atoms with Gasteiger partial charge >= 0.3 is 0 Å². The van der Waals surface area contributed by atoms with Gasteiger partial charge in [0.25, 0.3) is 0 Å². The number of likely N-dealkylation sites (tertiary alicyclic amines) is 1. The van der Waals surface area contributed by atoms with Gasteiger partial charge in [0.2, 0.25) is 10.0 Å². The van der Waals surface area contributed by atoms with E-state index in [2.05, 4.69) is 58.2 Å². The second-order valence-corrected chi connectivity index (χ2v) is 11.4. The van der Waals surface area contributed by atoms with E-state index in [1.165, 1.54) is 42.7 Å². The molecule has 2 unspecified atom stereocenters. The summed E-state index contributed by atoms with van der Waals surface area (Å²) < 4.78 is 27.7. The highest BCUT2D eigenvalue weighted by Crippen LogP contribution is 2.41. The Kier molecular flexibility index (Phi) is 5.69. The van der Waals surface area contributed by atoms with Crippen molar-refractivity contribution in [2.24, 2.45) is 5.92 Å². The van der Waals surface area contributed by atoms with Gasteiger partial charge in [-0.05, 0) is 79.3 Å². The molecule has 5 rings (SSSR count). The standard InChI is InChI=1S/C25H32N2O2S/c28-30(29,23-8-4-9-23)26-17-20-10-11-21-16-22(18-27-12-5-13-27)25(24(21)15-20)14-19-6-2-1-3-7-19/h1-3,6-7,10-11,15,22-23,25-26H,4-5,8-9,12-14,16-18H2. The van der Waals surface area contributed by atoms with E-state index >= 15 is 0 Å². The Balaban J connectivity index is 1.35. The smallest absolute Gasteiger partial charge is 0.214 e. The summed E-state index contributed by atoms with van der Waals surface area (Å²) in [6.07, 6.45) is 6.16. The molecule has 1 N–H and O–H groups in total. The monoisotopic (exact) mass is 424 g/mol. The summed E-state index contributed by atoms with van der Waals surface area (Å²) in [4.78, 5) is 2.59. The summed E-state index contributed by atoms with van der Waals surface area (Å²) >= 11 is 0. The van der Waals surface area contributed by atoms with E-state index in [0.29, 0.717) is 18.4 Å². The molecule has 30 heavy (non-hydrogen) atoms. The molecule has 1 saturated heterocycles. The Bertz CT molecular complexity index is 981. The van der Waals surface area contributed by atoms with Gasteiger partial charge in [0.1, 0.15) is 0 Å². The summed E-state index contributed by atoms with van der Waals surface area (Å²) in [6, 6.07) is 17.4. The van der Waals surface area contributed by atoms with Crippen LogP contribution in [-0.4, -0.2) is 38.2 Å². The van der Waals surface area contributed by atoms with E-state index in [1.807, 2.05) is 0 Å². The van der Waals surface area contributed by atoms with Gasteiger partial charge in [0, 0.05) is 13.1 Å². The Labute approximate surface area is 180 Å². The first-order chi connectivity index (χ1) is 14.6. The molecule has 0 radical (unpaired) electrons. The van der Waals surface area contributed by atoms with Gasteiger partial charge in [-0.3, -0.25) is 0 Å². The van der Waals surface area contributed by atoms with Crippen molar-refractivity contribution in [3.63, 3.8) is 0 Å². The lowest BCUT2D eigenvalue weighted by Crippen LogP contribution is -2.41. The Hall–Kier alpha value is -1.69. The van der Waals surface area contributed by atoms with Crippen LogP contribution in [0.2, 0.25) is 0 Å². The first kappa shape index (κ1) is 20.2. The molecule has 2 atom stereocenters. The Morgan fingerprint density at radius 3 is 2.43 bits per heavy atom. The summed E-state index contributed by atoms with van der Waals surface area (Å²) in [5.41, 5.74) is 5.36. The lowest BCUT2D eigenvalue weighted by atomic mass is 9.85. The van der Waals surface area contributed by atoms with Crippen molar-refractivity contribution in [1.82, 2.24) is 9.62 Å². The molecule has 0 aromatic heterocycles. The highest BCUT2D eigenvalue weighted by molar-refractivity contribution is 7.90. The molecule has 3 aliphatic rings. The molecule has 2 aromatic rings. The van der Waals surface area contributed by atoms with Crippen LogP contribution in [0.5, 0.6) is 0 Å². The van der Waals surface area contributed by atoms with Crippen LogP contribution >= 0.6 is 0 Å². The van der Waals surface area contributed by atoms with Crippen molar-refractivity contribution in [2.45, 2.75) is 56.2 Å². The summed E-state index contributed by atoms with van der Waals surface area (Å²) in [7, 11) is -3.18. The van der Waals surface area contributed by atoms with Crippen molar-refractivity contribution in [3.8, 4) is 0 Å². The maximum atomic E-state index is 12.4. The molecular formula is C25H32N2O2S. The molecule has 5 heteroatoms. The van der Waals surface area contributed by atoms with Crippen molar-refractivity contribution >= 4 is 10.0 Å². The van der Waals surface area contributed by atoms with Gasteiger partial charge in [-0.1, -0.05) is 55.0 Å². The zero-order chi connectivity index (χ0) is 20.6. The van der Waals surface area contributed by atoms with E-state index in [9.17, 15) is 8.42 Å². The van der Waals surface area contributed by atoms with Gasteiger partial charge in [0.05, 0.1) is 5.25 Å². The highest BCUT2D eigenvalue weighted by Gasteiger charge is 2.35. The van der Waals surface area contributed by atoms with Crippen LogP contribution in [0.1, 0.15) is 53.9 Å². The van der Waals surface area contributed by atoms with E-state index in [1.54, 1.807) is 0 Å². The third kappa shape index (κ3) is 4.20. The number of sulfonamides is 1. The summed E-state index contributed by atoms with van der Waals surface area (Å²) in [5.74, 6) is 1.15. The molecule has 160 valence electrons. The molecular weight excluding hydrogens is 392 g/mol. The van der Waals surface area contributed by atoms with E-state index < -0.39 is 10.0 Å². The fraction of sp³-hybridized carbons (Fsp3) is 0.520. The van der Waals surface area contributed by atoms with Crippen molar-refractivity contribution < 1.29 is 8.42 Å². The number of hydrogen-bond acceptors (Lipinski definition) is 3. The third-order valence-corrected chi connectivity index (χ3v) is 9.27. The largest absolute Gasteiger partial charge is 0.303 e. The van der Waals surface area contributed by atoms with Crippen LogP contribution in [-0.2, 0) is 29.4 Å². The van der Waals surface area contributed by atoms with Gasteiger partial charge in [0.15, 0.2) is 0 Å². The van der Waals surface area contributed by atoms with Gasteiger partial charge in [-0.25, -0.2) is 13.1 Å². The van der Waals surface area contributed by atoms with Crippen LogP contribution < -0.4 is 4.72 Å². The molecule has 1 heterocycles. The molecule has 1 saturated carbocycles. The van der Waals surface area contributed by atoms with E-state index in [-0.39, 0.29) is 5.25 Å². The first-order valence-corrected chi connectivity index (χ1v) is 13.0. The normalized spacial score (nSPS) is 24.3. The van der Waals surface area contributed by atoms with Crippen LogP contribution in [0.15, 0.2) is 48.5 Å². The minimum Gasteiger partial charge on any atom is -0.303 e. The highest BCUT2D eigenvalue weighted by atomic mass is 32.2. The second-order valence-electron chi connectivity index (χ2n) is 9.37. The van der Waals surface area contributed by atoms with Crippen molar-refractivity contribution in [3.05, 3.63) is 70.8 Å². The average molecular weight is 425 g/mol. The number of rotatable bonds is 8. The van der Waals surface area contributed by atoms with Crippen LogP contribution in [0.4, 0.5) is 0 Å². The molecule has 2 fully saturated rings. The quantitative estimate of drug-likeness (QED) is 0.700. The Morgan fingerprint density at radius 1 is 0.967 bits per heavy atom. The lowest BCUT2D eigenvalue weighted by molar-refractivity contribution is 0.145. The van der Waals surface area contributed by atoms with Gasteiger partial charge in [-0.2, -0.15) is 0 Å². The zero-order valence-electron chi connectivity index (χ0n) is 17.6. The number of fused-ring (bicyclic) bond motifs is 1. The third-order valence-electron chi connectivity index (χ3n) is 7.37. The topological polar surface area (TPSA) is 49.4 Å². The Morgan fingerprint density at radius 2 is 1.77 bits per heavy atom. The SMILES string of the molecule is O=S(=O)(NCc1ccc2c(c1)C(Cc1ccccc1)C(CN1CCC1)C2)C1CCC1. The van der Waals surface area contributed by atoms with Gasteiger partial charge in [-0.15, -0.1) is 0 Å². The number of hydrogen-bond donors (Lipinski definition) is 1. The summed E-state index contributed by atoms with van der Waals surface area (Å²) in [6.45, 7) is 4.05. The molecule has 1 aliphatic heterocycles. The molecule has 2 aromatic carbocycles. The van der Waals surface area contributed by atoms with Crippen LogP contribution in [0.25, 0.3) is 0 Å². The number of nitrogens with one attached hydrogen (secondary N) is 1. The fourth-order valence-corrected chi connectivity index (χ4v) is 6.74. The molecule has 0 bridgehead atoms. The first-order valence-electron chi connectivity index (χ1n) is 11.4. The fourth-order valence-electron chi connectivity index (χ4n) is 5.18. The average Bonchev–Trinajstić information content (AvgIpc) is 2.99. The molecule has 4 nitrogen and oxygen atoms in total. The predicted molar refractivity (Wildman–Crippen MR) is 121 cm³/mol. The van der Waals surface area contributed by atoms with Crippen molar-refractivity contribution in [1.29, 1.82) is 0 Å². The van der Waals surface area contributed by atoms with Crippen LogP contribution in [0, 0.1) is 5.92 Å². The van der Waals surface area contributed by atoms with Crippen molar-refractivity contribution in [2.75, 3.05) is 19.6 Å². The lowest BCUT2D eigenvalue weighted by Gasteiger charge is -2.35. The van der Waals surface area contributed by atoms with E-state index in [0.717, 1.165) is 37.7 Å². The van der Waals surface area contributed by atoms with E-state index in [4.69, 9.17) is 0 Å². The minimum atomic E-state index is -3.18. The number of nitrogens with zero attached hydrogens (tertiary/aromatic N) is 1. The second kappa shape index (κ2) is 8.45.